The third kappa shape index (κ3) is 5.25. The van der Waals surface area contributed by atoms with Crippen molar-refractivity contribution in [2.75, 3.05) is 20.1 Å². The zero-order valence-electron chi connectivity index (χ0n) is 15.0. The molecule has 0 bridgehead atoms. The fourth-order valence-electron chi connectivity index (χ4n) is 4.68. The molecule has 0 aromatic heterocycles. The molecule has 0 radical (unpaired) electrons. The molecule has 2 heteroatoms. The van der Waals surface area contributed by atoms with E-state index in [1.54, 1.807) is 0 Å². The van der Waals surface area contributed by atoms with Crippen LogP contribution in [0.4, 0.5) is 0 Å². The Labute approximate surface area is 133 Å². The molecule has 2 rings (SSSR count). The highest BCUT2D eigenvalue weighted by molar-refractivity contribution is 4.90. The lowest BCUT2D eigenvalue weighted by Gasteiger charge is -2.43. The van der Waals surface area contributed by atoms with Crippen LogP contribution in [-0.4, -0.2) is 37.1 Å². The molecule has 0 spiro atoms. The summed E-state index contributed by atoms with van der Waals surface area (Å²) >= 11 is 0. The standard InChI is InChI=1S/C19H38N2/c1-5-20-18-12-13-19(2,3)14-16(18)15-21(4)17-10-8-6-7-9-11-17/h16-18,20H,5-15H2,1-4H3. The maximum absolute atomic E-state index is 3.77. The van der Waals surface area contributed by atoms with Gasteiger partial charge in [0, 0.05) is 18.6 Å². The van der Waals surface area contributed by atoms with Gasteiger partial charge >= 0.3 is 0 Å². The number of nitrogens with zero attached hydrogens (tertiary/aromatic N) is 1. The van der Waals surface area contributed by atoms with Crippen molar-refractivity contribution in [3.8, 4) is 0 Å². The molecule has 2 atom stereocenters. The molecule has 0 saturated heterocycles. The van der Waals surface area contributed by atoms with Crippen LogP contribution in [-0.2, 0) is 0 Å². The second kappa shape index (κ2) is 7.97. The second-order valence-corrected chi connectivity index (χ2v) is 8.42. The van der Waals surface area contributed by atoms with Gasteiger partial charge < -0.3 is 10.2 Å². The predicted molar refractivity (Wildman–Crippen MR) is 92.7 cm³/mol. The van der Waals surface area contributed by atoms with Gasteiger partial charge in [-0.05, 0) is 57.0 Å². The SMILES string of the molecule is CCNC1CCC(C)(C)CC1CN(C)C1CCCCCC1. The summed E-state index contributed by atoms with van der Waals surface area (Å²) in [5.74, 6) is 0.835. The van der Waals surface area contributed by atoms with Gasteiger partial charge in [-0.3, -0.25) is 0 Å². The third-order valence-corrected chi connectivity index (χ3v) is 5.95. The molecule has 0 amide bonds. The van der Waals surface area contributed by atoms with E-state index in [0.717, 1.165) is 24.5 Å². The van der Waals surface area contributed by atoms with E-state index in [-0.39, 0.29) is 0 Å². The van der Waals surface area contributed by atoms with Gasteiger partial charge in [-0.15, -0.1) is 0 Å². The maximum Gasteiger partial charge on any atom is 0.0108 e. The van der Waals surface area contributed by atoms with Crippen LogP contribution in [0, 0.1) is 11.3 Å². The van der Waals surface area contributed by atoms with E-state index >= 15 is 0 Å². The Morgan fingerprint density at radius 3 is 2.33 bits per heavy atom. The van der Waals surface area contributed by atoms with E-state index in [4.69, 9.17) is 0 Å². The molecule has 0 aromatic carbocycles. The highest BCUT2D eigenvalue weighted by Gasteiger charge is 2.35. The van der Waals surface area contributed by atoms with Crippen LogP contribution in [0.25, 0.3) is 0 Å². The molecule has 2 aliphatic rings. The van der Waals surface area contributed by atoms with Crippen LogP contribution in [0.2, 0.25) is 0 Å². The van der Waals surface area contributed by atoms with Gasteiger partial charge in [-0.1, -0.05) is 46.5 Å². The number of hydrogen-bond donors (Lipinski definition) is 1. The van der Waals surface area contributed by atoms with Crippen molar-refractivity contribution >= 4 is 0 Å². The van der Waals surface area contributed by atoms with Crippen LogP contribution in [0.5, 0.6) is 0 Å². The van der Waals surface area contributed by atoms with Gasteiger partial charge in [0.1, 0.15) is 0 Å². The molecule has 2 fully saturated rings. The monoisotopic (exact) mass is 294 g/mol. The Bertz CT molecular complexity index is 292. The predicted octanol–water partition coefficient (Wildman–Crippen LogP) is 4.45. The molecule has 124 valence electrons. The van der Waals surface area contributed by atoms with Crippen LogP contribution < -0.4 is 5.32 Å². The van der Waals surface area contributed by atoms with Gasteiger partial charge in [-0.25, -0.2) is 0 Å². The summed E-state index contributed by atoms with van der Waals surface area (Å²) in [5.41, 5.74) is 0.543. The Balaban J connectivity index is 1.92. The fourth-order valence-corrected chi connectivity index (χ4v) is 4.68. The maximum atomic E-state index is 3.77. The lowest BCUT2D eigenvalue weighted by Crippen LogP contribution is -2.48. The zero-order chi connectivity index (χ0) is 15.3. The number of hydrogen-bond acceptors (Lipinski definition) is 2. The van der Waals surface area contributed by atoms with Gasteiger partial charge in [0.25, 0.3) is 0 Å². The first-order valence-electron chi connectivity index (χ1n) is 9.45. The van der Waals surface area contributed by atoms with Crippen molar-refractivity contribution in [3.05, 3.63) is 0 Å². The van der Waals surface area contributed by atoms with E-state index < -0.39 is 0 Å². The largest absolute Gasteiger partial charge is 0.314 e. The summed E-state index contributed by atoms with van der Waals surface area (Å²) in [6, 6.07) is 1.59. The Kier molecular flexibility index (Phi) is 6.55. The summed E-state index contributed by atoms with van der Waals surface area (Å²) in [6.07, 6.45) is 12.8. The van der Waals surface area contributed by atoms with Crippen LogP contribution >= 0.6 is 0 Å². The quantitative estimate of drug-likeness (QED) is 0.754. The Hall–Kier alpha value is -0.0800. The zero-order valence-corrected chi connectivity index (χ0v) is 15.0. The average Bonchev–Trinajstić information content (AvgIpc) is 2.70. The van der Waals surface area contributed by atoms with E-state index in [0.29, 0.717) is 5.41 Å². The molecule has 2 aliphatic carbocycles. The van der Waals surface area contributed by atoms with Crippen molar-refractivity contribution in [2.45, 2.75) is 90.6 Å². The van der Waals surface area contributed by atoms with Crippen LogP contribution in [0.15, 0.2) is 0 Å². The van der Waals surface area contributed by atoms with E-state index in [1.807, 2.05) is 0 Å². The lowest BCUT2D eigenvalue weighted by atomic mass is 9.69. The van der Waals surface area contributed by atoms with Crippen LogP contribution in [0.3, 0.4) is 0 Å². The van der Waals surface area contributed by atoms with Gasteiger partial charge in [0.05, 0.1) is 0 Å². The second-order valence-electron chi connectivity index (χ2n) is 8.42. The first kappa shape index (κ1) is 17.3. The van der Waals surface area contributed by atoms with Crippen LogP contribution in [0.1, 0.15) is 78.6 Å². The third-order valence-electron chi connectivity index (χ3n) is 5.95. The Morgan fingerprint density at radius 2 is 1.71 bits per heavy atom. The normalized spacial score (nSPS) is 31.3. The summed E-state index contributed by atoms with van der Waals surface area (Å²) in [4.78, 5) is 2.71. The molecule has 0 aromatic rings. The molecule has 1 N–H and O–H groups in total. The minimum absolute atomic E-state index is 0.543. The van der Waals surface area contributed by atoms with E-state index in [2.05, 4.69) is 38.0 Å². The fraction of sp³-hybridized carbons (Fsp3) is 1.00. The van der Waals surface area contributed by atoms with Gasteiger partial charge in [-0.2, -0.15) is 0 Å². The molecule has 2 nitrogen and oxygen atoms in total. The summed E-state index contributed by atoms with van der Waals surface area (Å²) in [5, 5.41) is 3.77. The highest BCUT2D eigenvalue weighted by Crippen LogP contribution is 2.39. The summed E-state index contributed by atoms with van der Waals surface area (Å²) < 4.78 is 0. The smallest absolute Gasteiger partial charge is 0.0108 e. The molecular weight excluding hydrogens is 256 g/mol. The molecule has 21 heavy (non-hydrogen) atoms. The lowest BCUT2D eigenvalue weighted by molar-refractivity contribution is 0.0908. The molecule has 0 heterocycles. The summed E-state index contributed by atoms with van der Waals surface area (Å²) in [6.45, 7) is 9.61. The minimum atomic E-state index is 0.543. The number of nitrogens with one attached hydrogen (secondary N) is 1. The van der Waals surface area contributed by atoms with Gasteiger partial charge in [0.15, 0.2) is 0 Å². The highest BCUT2D eigenvalue weighted by atomic mass is 15.1. The Morgan fingerprint density at radius 1 is 1.05 bits per heavy atom. The summed E-state index contributed by atoms with van der Waals surface area (Å²) in [7, 11) is 2.39. The van der Waals surface area contributed by atoms with E-state index in [9.17, 15) is 0 Å². The first-order valence-corrected chi connectivity index (χ1v) is 9.45. The van der Waals surface area contributed by atoms with Crippen molar-refractivity contribution < 1.29 is 0 Å². The average molecular weight is 295 g/mol. The molecular formula is C19H38N2. The minimum Gasteiger partial charge on any atom is -0.314 e. The van der Waals surface area contributed by atoms with Crippen molar-refractivity contribution in [2.24, 2.45) is 11.3 Å². The number of rotatable bonds is 5. The van der Waals surface area contributed by atoms with Crippen molar-refractivity contribution in [1.29, 1.82) is 0 Å². The van der Waals surface area contributed by atoms with E-state index in [1.165, 1.54) is 64.3 Å². The van der Waals surface area contributed by atoms with Gasteiger partial charge in [0.2, 0.25) is 0 Å². The topological polar surface area (TPSA) is 15.3 Å². The first-order chi connectivity index (χ1) is 10.0. The van der Waals surface area contributed by atoms with Crippen molar-refractivity contribution in [3.63, 3.8) is 0 Å². The molecule has 2 saturated carbocycles. The molecule has 2 unspecified atom stereocenters. The van der Waals surface area contributed by atoms with Crippen molar-refractivity contribution in [1.82, 2.24) is 10.2 Å². The molecule has 0 aliphatic heterocycles.